The van der Waals surface area contributed by atoms with E-state index in [9.17, 15) is 14.7 Å². The van der Waals surface area contributed by atoms with E-state index in [1.165, 1.54) is 11.8 Å². The number of thioether (sulfide) groups is 1. The van der Waals surface area contributed by atoms with E-state index in [0.29, 0.717) is 5.75 Å². The van der Waals surface area contributed by atoms with Crippen molar-refractivity contribution in [2.45, 2.75) is 38.2 Å². The molecular weight excluding hydrogens is 522 g/mol. The van der Waals surface area contributed by atoms with Crippen LogP contribution in [0.3, 0.4) is 0 Å². The maximum atomic E-state index is 12.0. The predicted octanol–water partition coefficient (Wildman–Crippen LogP) is 8.13. The fraction of sp³-hybridized carbons (Fsp3) is 0.212. The Morgan fingerprint density at radius 3 is 2.15 bits per heavy atom. The zero-order valence-electron chi connectivity index (χ0n) is 22.6. The van der Waals surface area contributed by atoms with Gasteiger partial charge in [-0.3, -0.25) is 0 Å². The summed E-state index contributed by atoms with van der Waals surface area (Å²) in [6, 6.07) is 30.0. The Kier molecular flexibility index (Phi) is 7.85. The van der Waals surface area contributed by atoms with Crippen molar-refractivity contribution in [1.82, 2.24) is 5.32 Å². The van der Waals surface area contributed by atoms with Gasteiger partial charge in [-0.1, -0.05) is 84.9 Å². The number of carboxylic acid groups (broad SMARTS) is 1. The van der Waals surface area contributed by atoms with Gasteiger partial charge in [0.1, 0.15) is 22.8 Å². The normalized spacial score (nSPS) is 12.4. The second-order valence-electron chi connectivity index (χ2n) is 10.6. The minimum atomic E-state index is -1.09. The van der Waals surface area contributed by atoms with Gasteiger partial charge in [0.2, 0.25) is 0 Å². The van der Waals surface area contributed by atoms with Crippen molar-refractivity contribution in [3.8, 4) is 22.3 Å². The highest BCUT2D eigenvalue weighted by Gasteiger charge is 2.24. The zero-order chi connectivity index (χ0) is 28.3. The smallest absolute Gasteiger partial charge is 0.408 e. The molecule has 1 aromatic heterocycles. The number of carbonyl (C=O) groups is 2. The molecule has 0 saturated carbocycles. The summed E-state index contributed by atoms with van der Waals surface area (Å²) in [5.74, 6) is -0.232. The van der Waals surface area contributed by atoms with Gasteiger partial charge in [-0.25, -0.2) is 9.59 Å². The number of furan rings is 1. The van der Waals surface area contributed by atoms with Gasteiger partial charge < -0.3 is 19.6 Å². The van der Waals surface area contributed by atoms with E-state index in [-0.39, 0.29) is 5.75 Å². The molecule has 0 aliphatic rings. The lowest BCUT2D eigenvalue weighted by molar-refractivity contribution is -0.138. The maximum Gasteiger partial charge on any atom is 0.408 e. The largest absolute Gasteiger partial charge is 0.480 e. The summed E-state index contributed by atoms with van der Waals surface area (Å²) in [6.45, 7) is 5.20. The van der Waals surface area contributed by atoms with Gasteiger partial charge in [-0.05, 0) is 49.1 Å². The molecule has 0 aliphatic carbocycles. The maximum absolute atomic E-state index is 12.0. The van der Waals surface area contributed by atoms with E-state index in [2.05, 4.69) is 66.0 Å². The molecule has 1 heterocycles. The van der Waals surface area contributed by atoms with E-state index < -0.39 is 23.7 Å². The van der Waals surface area contributed by atoms with E-state index in [4.69, 9.17) is 9.15 Å². The standard InChI is InChI=1S/C33H31NO5S/c1-33(2,3)39-32(37)34-28(31(35)36)20-40-19-21-11-13-22(14-12-21)23-15-17-24(18-16-23)25-8-6-9-27-26-7-4-5-10-29(26)38-30(25)27/h4-18,28H,19-20H2,1-3H3,(H,34,37)(H,35,36). The fourth-order valence-electron chi connectivity index (χ4n) is 4.53. The molecule has 204 valence electrons. The number of carboxylic acids is 1. The number of benzene rings is 4. The van der Waals surface area contributed by atoms with Crippen LogP contribution in [0.4, 0.5) is 4.79 Å². The summed E-state index contributed by atoms with van der Waals surface area (Å²) in [4.78, 5) is 23.5. The number of para-hydroxylation sites is 2. The highest BCUT2D eigenvalue weighted by Crippen LogP contribution is 2.36. The SMILES string of the molecule is CC(C)(C)OC(=O)NC(CSCc1ccc(-c2ccc(-c3cccc4c3oc3ccccc34)cc2)cc1)C(=O)O. The Labute approximate surface area is 237 Å². The Morgan fingerprint density at radius 1 is 0.850 bits per heavy atom. The summed E-state index contributed by atoms with van der Waals surface area (Å²) >= 11 is 1.45. The molecule has 1 unspecified atom stereocenters. The van der Waals surface area contributed by atoms with Crippen LogP contribution in [0.1, 0.15) is 26.3 Å². The van der Waals surface area contributed by atoms with Crippen LogP contribution >= 0.6 is 11.8 Å². The van der Waals surface area contributed by atoms with Crippen molar-refractivity contribution in [2.24, 2.45) is 0 Å². The molecule has 0 spiro atoms. The van der Waals surface area contributed by atoms with E-state index in [0.717, 1.165) is 49.8 Å². The highest BCUT2D eigenvalue weighted by molar-refractivity contribution is 7.98. The minimum absolute atomic E-state index is 0.232. The third-order valence-corrected chi connectivity index (χ3v) is 7.54. The summed E-state index contributed by atoms with van der Waals surface area (Å²) in [6.07, 6.45) is -0.731. The third kappa shape index (κ3) is 6.32. The minimum Gasteiger partial charge on any atom is -0.480 e. The van der Waals surface area contributed by atoms with Crippen LogP contribution in [-0.2, 0) is 15.3 Å². The van der Waals surface area contributed by atoms with Gasteiger partial charge in [-0.15, -0.1) is 0 Å². The van der Waals surface area contributed by atoms with Gasteiger partial charge in [0.25, 0.3) is 0 Å². The number of aliphatic carboxylic acids is 1. The molecule has 7 heteroatoms. The molecule has 5 rings (SSSR count). The van der Waals surface area contributed by atoms with Crippen LogP contribution in [0.2, 0.25) is 0 Å². The molecule has 2 N–H and O–H groups in total. The molecule has 1 amide bonds. The average Bonchev–Trinajstić information content (AvgIpc) is 3.31. The number of amides is 1. The van der Waals surface area contributed by atoms with Gasteiger partial charge in [-0.2, -0.15) is 11.8 Å². The lowest BCUT2D eigenvalue weighted by Crippen LogP contribution is -2.44. The van der Waals surface area contributed by atoms with Crippen molar-refractivity contribution < 1.29 is 23.8 Å². The van der Waals surface area contributed by atoms with Crippen molar-refractivity contribution in [1.29, 1.82) is 0 Å². The van der Waals surface area contributed by atoms with Gasteiger partial charge in [0.15, 0.2) is 0 Å². The first-order valence-corrected chi connectivity index (χ1v) is 14.2. The third-order valence-electron chi connectivity index (χ3n) is 6.43. The number of nitrogens with one attached hydrogen (secondary N) is 1. The summed E-state index contributed by atoms with van der Waals surface area (Å²) in [5.41, 5.74) is 6.52. The van der Waals surface area contributed by atoms with Crippen LogP contribution < -0.4 is 5.32 Å². The molecular formula is C33H31NO5S. The van der Waals surface area contributed by atoms with Crippen molar-refractivity contribution >= 4 is 45.8 Å². The lowest BCUT2D eigenvalue weighted by Gasteiger charge is -2.21. The molecule has 5 aromatic rings. The quantitative estimate of drug-likeness (QED) is 0.202. The molecule has 0 saturated heterocycles. The molecule has 6 nitrogen and oxygen atoms in total. The Morgan fingerprint density at radius 2 is 1.48 bits per heavy atom. The molecule has 0 fully saturated rings. The van der Waals surface area contributed by atoms with Crippen LogP contribution in [0.25, 0.3) is 44.2 Å². The Balaban J connectivity index is 1.22. The number of alkyl carbamates (subject to hydrolysis) is 1. The monoisotopic (exact) mass is 553 g/mol. The fourth-order valence-corrected chi connectivity index (χ4v) is 5.54. The second-order valence-corrected chi connectivity index (χ2v) is 11.6. The molecule has 0 radical (unpaired) electrons. The van der Waals surface area contributed by atoms with E-state index >= 15 is 0 Å². The summed E-state index contributed by atoms with van der Waals surface area (Å²) in [5, 5.41) is 14.1. The van der Waals surface area contributed by atoms with Crippen LogP contribution in [-0.4, -0.2) is 34.6 Å². The number of carbonyl (C=O) groups excluding carboxylic acids is 1. The zero-order valence-corrected chi connectivity index (χ0v) is 23.5. The van der Waals surface area contributed by atoms with Crippen molar-refractivity contribution in [2.75, 3.05) is 5.75 Å². The number of hydrogen-bond donors (Lipinski definition) is 2. The Bertz CT molecular complexity index is 1650. The Hall–Kier alpha value is -4.23. The van der Waals surface area contributed by atoms with Gasteiger partial charge >= 0.3 is 12.1 Å². The summed E-state index contributed by atoms with van der Waals surface area (Å²) in [7, 11) is 0. The van der Waals surface area contributed by atoms with Crippen molar-refractivity contribution in [3.63, 3.8) is 0 Å². The molecule has 0 bridgehead atoms. The van der Waals surface area contributed by atoms with Crippen LogP contribution in [0.15, 0.2) is 95.4 Å². The van der Waals surface area contributed by atoms with Gasteiger partial charge in [0.05, 0.1) is 0 Å². The first-order chi connectivity index (χ1) is 19.2. The summed E-state index contributed by atoms with van der Waals surface area (Å²) < 4.78 is 11.4. The highest BCUT2D eigenvalue weighted by atomic mass is 32.2. The number of rotatable bonds is 8. The van der Waals surface area contributed by atoms with Gasteiger partial charge in [0, 0.05) is 27.8 Å². The number of hydrogen-bond acceptors (Lipinski definition) is 5. The van der Waals surface area contributed by atoms with Crippen LogP contribution in [0, 0.1) is 0 Å². The average molecular weight is 554 g/mol. The molecule has 40 heavy (non-hydrogen) atoms. The lowest BCUT2D eigenvalue weighted by atomic mass is 9.98. The first-order valence-electron chi connectivity index (χ1n) is 13.1. The number of fused-ring (bicyclic) bond motifs is 3. The molecule has 4 aromatic carbocycles. The van der Waals surface area contributed by atoms with E-state index in [1.54, 1.807) is 20.8 Å². The number of ether oxygens (including phenoxy) is 1. The van der Waals surface area contributed by atoms with Crippen molar-refractivity contribution in [3.05, 3.63) is 96.6 Å². The predicted molar refractivity (Wildman–Crippen MR) is 162 cm³/mol. The van der Waals surface area contributed by atoms with E-state index in [1.807, 2.05) is 30.3 Å². The first kappa shape index (κ1) is 27.3. The molecule has 1 atom stereocenters. The topological polar surface area (TPSA) is 88.8 Å². The van der Waals surface area contributed by atoms with Crippen LogP contribution in [0.5, 0.6) is 0 Å². The second kappa shape index (κ2) is 11.5. The molecule has 0 aliphatic heterocycles.